The molecule has 0 aromatic carbocycles. The SMILES string of the molecule is CCCCC/C=C\C/C=C\CCCCCCCCCCCCOCC(COP(=O)(O)OCC(O)CO)OC(=O)CCCCCCCCC/C=C\C/C=C\CCCCCC. The zero-order valence-electron chi connectivity index (χ0n) is 38.0. The van der Waals surface area contributed by atoms with Crippen molar-refractivity contribution >= 4 is 13.8 Å². The lowest BCUT2D eigenvalue weighted by molar-refractivity contribution is -0.154. The van der Waals surface area contributed by atoms with Gasteiger partial charge in [-0.05, 0) is 77.0 Å². The lowest BCUT2D eigenvalue weighted by Crippen LogP contribution is -2.29. The minimum absolute atomic E-state index is 0.0436. The number of carbonyl (C=O) groups is 1. The van der Waals surface area contributed by atoms with E-state index in [1.165, 1.54) is 128 Å². The average molecular weight is 855 g/mol. The van der Waals surface area contributed by atoms with Gasteiger partial charge in [0.15, 0.2) is 0 Å². The Bertz CT molecular complexity index is 1060. The van der Waals surface area contributed by atoms with Gasteiger partial charge in [0.25, 0.3) is 0 Å². The van der Waals surface area contributed by atoms with Gasteiger partial charge < -0.3 is 24.6 Å². The molecule has 0 bridgehead atoms. The predicted molar refractivity (Wildman–Crippen MR) is 247 cm³/mol. The van der Waals surface area contributed by atoms with Gasteiger partial charge in [-0.25, -0.2) is 4.57 Å². The Morgan fingerprint density at radius 3 is 1.39 bits per heavy atom. The minimum Gasteiger partial charge on any atom is -0.457 e. The Labute approximate surface area is 362 Å². The van der Waals surface area contributed by atoms with Crippen LogP contribution in [0.4, 0.5) is 0 Å². The number of aliphatic hydroxyl groups excluding tert-OH is 2. The van der Waals surface area contributed by atoms with Crippen LogP contribution in [0.1, 0.15) is 213 Å². The van der Waals surface area contributed by atoms with Crippen molar-refractivity contribution in [1.29, 1.82) is 0 Å². The fourth-order valence-electron chi connectivity index (χ4n) is 6.53. The summed E-state index contributed by atoms with van der Waals surface area (Å²) in [5.74, 6) is -0.391. The van der Waals surface area contributed by atoms with Gasteiger partial charge in [-0.2, -0.15) is 0 Å². The minimum atomic E-state index is -4.52. The first-order valence-electron chi connectivity index (χ1n) is 24.1. The summed E-state index contributed by atoms with van der Waals surface area (Å²) in [6.45, 7) is 3.48. The Hall–Kier alpha value is -1.58. The number of unbranched alkanes of at least 4 members (excludes halogenated alkanes) is 24. The number of allylic oxidation sites excluding steroid dienone is 8. The van der Waals surface area contributed by atoms with Crippen molar-refractivity contribution in [3.8, 4) is 0 Å². The lowest BCUT2D eigenvalue weighted by Gasteiger charge is -2.20. The molecule has 9 nitrogen and oxygen atoms in total. The van der Waals surface area contributed by atoms with Crippen molar-refractivity contribution in [1.82, 2.24) is 0 Å². The summed E-state index contributed by atoms with van der Waals surface area (Å²) >= 11 is 0. The van der Waals surface area contributed by atoms with Crippen molar-refractivity contribution in [2.75, 3.05) is 33.0 Å². The molecular formula is C49H91O9P. The highest BCUT2D eigenvalue weighted by Crippen LogP contribution is 2.43. The van der Waals surface area contributed by atoms with E-state index >= 15 is 0 Å². The summed E-state index contributed by atoms with van der Waals surface area (Å²) in [7, 11) is -4.52. The molecule has 346 valence electrons. The predicted octanol–water partition coefficient (Wildman–Crippen LogP) is 13.8. The second-order valence-electron chi connectivity index (χ2n) is 16.1. The Kier molecular flexibility index (Phi) is 44.7. The van der Waals surface area contributed by atoms with E-state index in [0.29, 0.717) is 6.61 Å². The van der Waals surface area contributed by atoms with E-state index in [0.717, 1.165) is 64.2 Å². The van der Waals surface area contributed by atoms with Gasteiger partial charge in [-0.3, -0.25) is 13.8 Å². The van der Waals surface area contributed by atoms with Crippen molar-refractivity contribution < 1.29 is 43.0 Å². The molecule has 0 radical (unpaired) electrons. The van der Waals surface area contributed by atoms with Crippen LogP contribution in [0.2, 0.25) is 0 Å². The third kappa shape index (κ3) is 45.8. The first kappa shape index (κ1) is 57.4. The molecule has 0 fully saturated rings. The number of ether oxygens (including phenoxy) is 2. The highest BCUT2D eigenvalue weighted by atomic mass is 31.2. The van der Waals surface area contributed by atoms with E-state index in [1.54, 1.807) is 0 Å². The summed E-state index contributed by atoms with van der Waals surface area (Å²) in [4.78, 5) is 22.6. The van der Waals surface area contributed by atoms with Crippen LogP contribution in [-0.2, 0) is 27.9 Å². The van der Waals surface area contributed by atoms with Crippen LogP contribution < -0.4 is 0 Å². The highest BCUT2D eigenvalue weighted by Gasteiger charge is 2.26. The maximum absolute atomic E-state index is 12.7. The van der Waals surface area contributed by atoms with E-state index in [9.17, 15) is 19.4 Å². The smallest absolute Gasteiger partial charge is 0.457 e. The first-order chi connectivity index (χ1) is 28.8. The number of phosphoric ester groups is 1. The van der Waals surface area contributed by atoms with Crippen molar-refractivity contribution in [3.63, 3.8) is 0 Å². The van der Waals surface area contributed by atoms with E-state index < -0.39 is 39.2 Å². The molecule has 0 spiro atoms. The van der Waals surface area contributed by atoms with Gasteiger partial charge >= 0.3 is 13.8 Å². The zero-order valence-corrected chi connectivity index (χ0v) is 38.9. The molecule has 59 heavy (non-hydrogen) atoms. The number of hydrogen-bond donors (Lipinski definition) is 3. The van der Waals surface area contributed by atoms with E-state index in [-0.39, 0.29) is 19.6 Å². The fraction of sp³-hybridized carbons (Fsp3) is 0.816. The van der Waals surface area contributed by atoms with Gasteiger partial charge in [0.05, 0.1) is 26.4 Å². The third-order valence-electron chi connectivity index (χ3n) is 10.2. The molecule has 0 aromatic heterocycles. The fourth-order valence-corrected chi connectivity index (χ4v) is 7.32. The summed E-state index contributed by atoms with van der Waals surface area (Å²) < 4.78 is 33.5. The van der Waals surface area contributed by atoms with Crippen LogP contribution in [0.15, 0.2) is 48.6 Å². The summed E-state index contributed by atoms with van der Waals surface area (Å²) in [5.41, 5.74) is 0. The molecule has 0 aliphatic heterocycles. The monoisotopic (exact) mass is 855 g/mol. The maximum Gasteiger partial charge on any atom is 0.472 e. The average Bonchev–Trinajstić information content (AvgIpc) is 3.23. The summed E-state index contributed by atoms with van der Waals surface area (Å²) in [6.07, 6.45) is 52.1. The van der Waals surface area contributed by atoms with Crippen LogP contribution in [-0.4, -0.2) is 66.3 Å². The number of rotatable bonds is 46. The Balaban J connectivity index is 4.13. The number of esters is 1. The van der Waals surface area contributed by atoms with E-state index in [4.69, 9.17) is 23.6 Å². The van der Waals surface area contributed by atoms with Crippen molar-refractivity contribution in [2.45, 2.75) is 225 Å². The quantitative estimate of drug-likeness (QED) is 0.0237. The molecule has 3 unspecified atom stereocenters. The lowest BCUT2D eigenvalue weighted by atomic mass is 10.1. The van der Waals surface area contributed by atoms with Gasteiger partial charge in [-0.1, -0.05) is 178 Å². The van der Waals surface area contributed by atoms with Gasteiger partial charge in [-0.15, -0.1) is 0 Å². The molecule has 0 saturated heterocycles. The molecule has 0 rings (SSSR count). The number of hydrogen-bond acceptors (Lipinski definition) is 8. The van der Waals surface area contributed by atoms with Crippen molar-refractivity contribution in [2.24, 2.45) is 0 Å². The normalized spacial score (nSPS) is 14.3. The van der Waals surface area contributed by atoms with Crippen LogP contribution >= 0.6 is 7.82 Å². The molecule has 0 aromatic rings. The maximum atomic E-state index is 12.7. The molecule has 10 heteroatoms. The van der Waals surface area contributed by atoms with Gasteiger partial charge in [0, 0.05) is 13.0 Å². The molecule has 3 atom stereocenters. The van der Waals surface area contributed by atoms with Crippen LogP contribution in [0.3, 0.4) is 0 Å². The zero-order chi connectivity index (χ0) is 43.2. The molecule has 0 saturated carbocycles. The Morgan fingerprint density at radius 1 is 0.525 bits per heavy atom. The molecule has 3 N–H and O–H groups in total. The summed E-state index contributed by atoms with van der Waals surface area (Å²) in [6, 6.07) is 0. The van der Waals surface area contributed by atoms with Crippen LogP contribution in [0, 0.1) is 0 Å². The third-order valence-corrected chi connectivity index (χ3v) is 11.2. The number of phosphoric acid groups is 1. The van der Waals surface area contributed by atoms with E-state index in [1.807, 2.05) is 0 Å². The van der Waals surface area contributed by atoms with Crippen molar-refractivity contribution in [3.05, 3.63) is 48.6 Å². The second-order valence-corrected chi connectivity index (χ2v) is 17.6. The van der Waals surface area contributed by atoms with E-state index in [2.05, 4.69) is 62.5 Å². The first-order valence-corrected chi connectivity index (χ1v) is 25.6. The molecule has 0 aliphatic carbocycles. The number of aliphatic hydroxyl groups is 2. The molecule has 0 amide bonds. The number of carbonyl (C=O) groups excluding carboxylic acids is 1. The Morgan fingerprint density at radius 2 is 0.915 bits per heavy atom. The molecule has 0 heterocycles. The molecule has 0 aliphatic rings. The topological polar surface area (TPSA) is 132 Å². The van der Waals surface area contributed by atoms with Crippen LogP contribution in [0.5, 0.6) is 0 Å². The molecular weight excluding hydrogens is 764 g/mol. The summed E-state index contributed by atoms with van der Waals surface area (Å²) in [5, 5.41) is 18.4. The second kappa shape index (κ2) is 45.9. The van der Waals surface area contributed by atoms with Crippen LogP contribution in [0.25, 0.3) is 0 Å². The standard InChI is InChI=1S/C49H91O9P/c1-3-5-7-9-11-13-15-17-19-21-23-24-26-28-30-32-34-36-38-40-42-55-45-48(46-57-59(53,54)56-44-47(51)43-50)58-49(52)41-39-37-35-33-31-29-27-25-22-20-18-16-14-12-10-8-6-4-2/h11,13-14,16-17,19-20,22,47-48,50-51H,3-10,12,15,18,21,23-46H2,1-2H3,(H,53,54)/b13-11-,16-14-,19-17-,22-20-. The van der Waals surface area contributed by atoms with Gasteiger partial charge in [0.2, 0.25) is 0 Å². The largest absolute Gasteiger partial charge is 0.472 e. The van der Waals surface area contributed by atoms with Gasteiger partial charge in [0.1, 0.15) is 12.2 Å². The highest BCUT2D eigenvalue weighted by molar-refractivity contribution is 7.47.